The predicted octanol–water partition coefficient (Wildman–Crippen LogP) is 3.27. The van der Waals surface area contributed by atoms with Crippen molar-refractivity contribution < 1.29 is 29.0 Å². The molecule has 2 bridgehead atoms. The molecule has 0 saturated carbocycles. The Morgan fingerprint density at radius 3 is 2.50 bits per heavy atom. The summed E-state index contributed by atoms with van der Waals surface area (Å²) in [6, 6.07) is 13.2. The third-order valence-corrected chi connectivity index (χ3v) is 7.24. The Balaban J connectivity index is 1.78. The predicted molar refractivity (Wildman–Crippen MR) is 145 cm³/mol. The van der Waals surface area contributed by atoms with Crippen LogP contribution in [0.3, 0.4) is 0 Å². The van der Waals surface area contributed by atoms with Gasteiger partial charge in [0.2, 0.25) is 11.8 Å². The standard InChI is InChI=1S/C29H41N3O6/c1-30-29(34)25-17-21-10-13-23(14-11-21)38-16-5-4-9-24(28(33)32-35)22(19-31-25)8-6-7-20-12-15-26(36-2)27(18-20)37-3/h10-15,18,22,24-25,31,35H,4-9,16-17,19H2,1-3H3,(H,30,34)(H,32,33)/t22-,24-,25-/m0/s1. The van der Waals surface area contributed by atoms with Crippen LogP contribution >= 0.6 is 0 Å². The van der Waals surface area contributed by atoms with Gasteiger partial charge in [-0.05, 0) is 92.8 Å². The van der Waals surface area contributed by atoms with Crippen molar-refractivity contribution in [2.75, 3.05) is 34.4 Å². The fraction of sp³-hybridized carbons (Fsp3) is 0.517. The maximum Gasteiger partial charge on any atom is 0.246 e. The molecule has 3 atom stereocenters. The molecule has 2 aromatic rings. The zero-order valence-electron chi connectivity index (χ0n) is 22.6. The van der Waals surface area contributed by atoms with Gasteiger partial charge in [-0.1, -0.05) is 18.2 Å². The summed E-state index contributed by atoms with van der Waals surface area (Å²) < 4.78 is 16.6. The molecular weight excluding hydrogens is 486 g/mol. The number of benzene rings is 2. The molecule has 2 heterocycles. The summed E-state index contributed by atoms with van der Waals surface area (Å²) in [6.07, 6.45) is 5.06. The smallest absolute Gasteiger partial charge is 0.246 e. The topological polar surface area (TPSA) is 118 Å². The summed E-state index contributed by atoms with van der Waals surface area (Å²) in [5.41, 5.74) is 4.01. The van der Waals surface area contributed by atoms with Gasteiger partial charge in [-0.15, -0.1) is 0 Å². The molecule has 0 spiro atoms. The highest BCUT2D eigenvalue weighted by molar-refractivity contribution is 5.82. The second kappa shape index (κ2) is 15.2. The van der Waals surface area contributed by atoms with Gasteiger partial charge in [0.05, 0.1) is 26.9 Å². The molecule has 2 aliphatic rings. The summed E-state index contributed by atoms with van der Waals surface area (Å²) in [4.78, 5) is 25.5. The van der Waals surface area contributed by atoms with E-state index in [2.05, 4.69) is 10.6 Å². The fourth-order valence-electron chi connectivity index (χ4n) is 5.05. The van der Waals surface area contributed by atoms with Crippen molar-refractivity contribution in [1.29, 1.82) is 0 Å². The summed E-state index contributed by atoms with van der Waals surface area (Å²) in [5.74, 6) is 1.16. The second-order valence-electron chi connectivity index (χ2n) is 9.69. The fourth-order valence-corrected chi connectivity index (χ4v) is 5.05. The lowest BCUT2D eigenvalue weighted by molar-refractivity contribution is -0.135. The van der Waals surface area contributed by atoms with Crippen molar-refractivity contribution in [1.82, 2.24) is 16.1 Å². The molecule has 0 unspecified atom stereocenters. The van der Waals surface area contributed by atoms with Crippen LogP contribution < -0.4 is 30.3 Å². The third-order valence-electron chi connectivity index (χ3n) is 7.24. The molecule has 0 aliphatic carbocycles. The second-order valence-corrected chi connectivity index (χ2v) is 9.69. The highest BCUT2D eigenvalue weighted by Crippen LogP contribution is 2.29. The molecule has 4 N–H and O–H groups in total. The largest absolute Gasteiger partial charge is 0.494 e. The van der Waals surface area contributed by atoms with E-state index in [9.17, 15) is 14.8 Å². The third kappa shape index (κ3) is 8.36. The van der Waals surface area contributed by atoms with Gasteiger partial charge in [-0.25, -0.2) is 5.48 Å². The molecule has 4 rings (SSSR count). The Labute approximate surface area is 225 Å². The number of hydrogen-bond acceptors (Lipinski definition) is 7. The van der Waals surface area contributed by atoms with E-state index in [-0.39, 0.29) is 11.8 Å². The van der Waals surface area contributed by atoms with Gasteiger partial charge < -0.3 is 24.8 Å². The van der Waals surface area contributed by atoms with E-state index < -0.39 is 17.9 Å². The van der Waals surface area contributed by atoms with E-state index in [1.165, 1.54) is 0 Å². The van der Waals surface area contributed by atoms with Crippen molar-refractivity contribution in [3.05, 3.63) is 53.6 Å². The molecule has 0 fully saturated rings. The van der Waals surface area contributed by atoms with E-state index >= 15 is 0 Å². The van der Waals surface area contributed by atoms with Crippen molar-refractivity contribution in [2.45, 2.75) is 51.0 Å². The number of likely N-dealkylation sites (N-methyl/N-ethyl adjacent to an activating group) is 1. The average Bonchev–Trinajstić information content (AvgIpc) is 2.96. The van der Waals surface area contributed by atoms with Crippen molar-refractivity contribution in [2.24, 2.45) is 11.8 Å². The molecule has 0 saturated heterocycles. The van der Waals surface area contributed by atoms with Crippen LogP contribution in [0.5, 0.6) is 17.2 Å². The summed E-state index contributed by atoms with van der Waals surface area (Å²) in [7, 11) is 4.85. The Hall–Kier alpha value is -3.30. The van der Waals surface area contributed by atoms with Gasteiger partial charge in [0.1, 0.15) is 5.75 Å². The lowest BCUT2D eigenvalue weighted by Gasteiger charge is -2.28. The van der Waals surface area contributed by atoms with Gasteiger partial charge >= 0.3 is 0 Å². The van der Waals surface area contributed by atoms with Crippen LogP contribution in [0, 0.1) is 11.8 Å². The van der Waals surface area contributed by atoms with Crippen LogP contribution in [0.2, 0.25) is 0 Å². The van der Waals surface area contributed by atoms with Gasteiger partial charge in [0.25, 0.3) is 0 Å². The van der Waals surface area contributed by atoms with Gasteiger partial charge in [-0.3, -0.25) is 14.8 Å². The highest BCUT2D eigenvalue weighted by Gasteiger charge is 2.29. The Kier molecular flexibility index (Phi) is 11.7. The quantitative estimate of drug-likeness (QED) is 0.307. The first-order chi connectivity index (χ1) is 18.5. The molecule has 208 valence electrons. The van der Waals surface area contributed by atoms with Crippen LogP contribution in [0.4, 0.5) is 0 Å². The zero-order chi connectivity index (χ0) is 27.3. The van der Waals surface area contributed by atoms with Crippen LogP contribution in [-0.2, 0) is 22.4 Å². The summed E-state index contributed by atoms with van der Waals surface area (Å²) in [6.45, 7) is 1.02. The average molecular weight is 528 g/mol. The van der Waals surface area contributed by atoms with Crippen LogP contribution in [-0.4, -0.2) is 57.5 Å². The van der Waals surface area contributed by atoms with E-state index in [1.807, 2.05) is 47.9 Å². The number of amides is 2. The van der Waals surface area contributed by atoms with Crippen molar-refractivity contribution >= 4 is 11.8 Å². The molecule has 2 aliphatic heterocycles. The Morgan fingerprint density at radius 1 is 1.05 bits per heavy atom. The van der Waals surface area contributed by atoms with Crippen LogP contribution in [0.1, 0.15) is 43.2 Å². The number of carbonyl (C=O) groups excluding carboxylic acids is 2. The van der Waals surface area contributed by atoms with Crippen molar-refractivity contribution in [3.63, 3.8) is 0 Å². The normalized spacial score (nSPS) is 20.4. The number of ether oxygens (including phenoxy) is 3. The molecule has 0 radical (unpaired) electrons. The first-order valence-corrected chi connectivity index (χ1v) is 13.3. The zero-order valence-corrected chi connectivity index (χ0v) is 22.6. The van der Waals surface area contributed by atoms with Gasteiger partial charge in [0, 0.05) is 13.0 Å². The molecule has 0 aromatic heterocycles. The molecule has 9 nitrogen and oxygen atoms in total. The minimum Gasteiger partial charge on any atom is -0.494 e. The highest BCUT2D eigenvalue weighted by atomic mass is 16.5. The number of rotatable bonds is 8. The maximum absolute atomic E-state index is 12.8. The van der Waals surface area contributed by atoms with E-state index in [0.717, 1.165) is 49.0 Å². The van der Waals surface area contributed by atoms with Crippen LogP contribution in [0.25, 0.3) is 0 Å². The Morgan fingerprint density at radius 2 is 1.82 bits per heavy atom. The minimum atomic E-state index is -0.455. The van der Waals surface area contributed by atoms with E-state index in [0.29, 0.717) is 37.5 Å². The maximum atomic E-state index is 12.8. The van der Waals surface area contributed by atoms with Crippen LogP contribution in [0.15, 0.2) is 42.5 Å². The number of carbonyl (C=O) groups is 2. The molecular formula is C29H41N3O6. The summed E-state index contributed by atoms with van der Waals surface area (Å²) >= 11 is 0. The van der Waals surface area contributed by atoms with E-state index in [1.54, 1.807) is 21.3 Å². The first-order valence-electron chi connectivity index (χ1n) is 13.3. The number of hydrogen-bond donors (Lipinski definition) is 4. The summed E-state index contributed by atoms with van der Waals surface area (Å²) in [5, 5.41) is 15.7. The lowest BCUT2D eigenvalue weighted by atomic mass is 9.83. The minimum absolute atomic E-state index is 0.0812. The number of hydroxylamine groups is 1. The first kappa shape index (κ1) is 29.3. The monoisotopic (exact) mass is 527 g/mol. The molecule has 38 heavy (non-hydrogen) atoms. The van der Waals surface area contributed by atoms with Crippen molar-refractivity contribution in [3.8, 4) is 17.2 Å². The van der Waals surface area contributed by atoms with Gasteiger partial charge in [0.15, 0.2) is 11.5 Å². The van der Waals surface area contributed by atoms with E-state index in [4.69, 9.17) is 14.2 Å². The molecule has 2 aromatic carbocycles. The number of fused-ring (bicyclic) bond motifs is 12. The molecule has 9 heteroatoms. The van der Waals surface area contributed by atoms with Gasteiger partial charge in [-0.2, -0.15) is 0 Å². The molecule has 2 amide bonds. The Bertz CT molecular complexity index is 1030. The lowest BCUT2D eigenvalue weighted by Crippen LogP contribution is -2.48. The number of methoxy groups -OCH3 is 2. The number of nitrogens with one attached hydrogen (secondary N) is 3. The number of aryl methyl sites for hydroxylation is 1. The SMILES string of the molecule is CNC(=O)[C@@H]1Cc2ccc(cc2)OCCCC[C@H](C(=O)NO)[C@@H](CCCc2ccc(OC)c(OC)c2)CN1.